The Bertz CT molecular complexity index is 495. The normalized spacial score (nSPS) is 10.4. The summed E-state index contributed by atoms with van der Waals surface area (Å²) < 4.78 is 0. The fourth-order valence-corrected chi connectivity index (χ4v) is 1.04. The first-order chi connectivity index (χ1) is 9.40. The summed E-state index contributed by atoms with van der Waals surface area (Å²) in [6, 6.07) is 6.64. The maximum atomic E-state index is 9.04. The Balaban J connectivity index is 0.00000400. The van der Waals surface area contributed by atoms with Crippen LogP contribution in [0, 0.1) is 10.8 Å². The zero-order valence-corrected chi connectivity index (χ0v) is 12.4. The van der Waals surface area contributed by atoms with Crippen molar-refractivity contribution in [3.8, 4) is 0 Å². The summed E-state index contributed by atoms with van der Waals surface area (Å²) in [5.41, 5.74) is 11.3. The maximum Gasteiger partial charge on any atom is 0.236 e. The molecule has 0 saturated carbocycles. The lowest BCUT2D eigenvalue weighted by Crippen LogP contribution is -2.29. The molecule has 0 amide bonds. The van der Waals surface area contributed by atoms with Crippen molar-refractivity contribution < 1.29 is 10.4 Å². The molecule has 114 valence electrons. The van der Waals surface area contributed by atoms with Crippen LogP contribution < -0.4 is 11.5 Å². The van der Waals surface area contributed by atoms with Gasteiger partial charge in [0.1, 0.15) is 0 Å². The summed E-state index contributed by atoms with van der Waals surface area (Å²) in [6.45, 7) is 0. The maximum absolute atomic E-state index is 9.04. The van der Waals surface area contributed by atoms with E-state index in [4.69, 9.17) is 32.7 Å². The molecule has 0 aliphatic carbocycles. The van der Waals surface area contributed by atoms with Crippen LogP contribution in [0.2, 0.25) is 0 Å². The molecule has 0 unspecified atom stereocenters. The Labute approximate surface area is 130 Å². The Morgan fingerprint density at radius 2 is 1.19 bits per heavy atom. The molecule has 0 atom stereocenters. The van der Waals surface area contributed by atoms with Crippen molar-refractivity contribution in [2.75, 3.05) is 0 Å². The van der Waals surface area contributed by atoms with E-state index in [1.165, 1.54) is 12.4 Å². The third-order valence-electron chi connectivity index (χ3n) is 2.00. The molecule has 0 bridgehead atoms. The Morgan fingerprint density at radius 3 is 1.43 bits per heavy atom. The Morgan fingerprint density at radius 1 is 0.905 bits per heavy atom. The van der Waals surface area contributed by atoms with Crippen molar-refractivity contribution in [1.29, 1.82) is 10.8 Å². The Hall–Kier alpha value is -2.50. The number of nitrogens with zero attached hydrogens (tertiary/aromatic N) is 4. The molecular formula is C10H15BrN8O2. The van der Waals surface area contributed by atoms with Gasteiger partial charge in [-0.2, -0.15) is 10.2 Å². The highest BCUT2D eigenvalue weighted by Crippen LogP contribution is 2.01. The van der Waals surface area contributed by atoms with E-state index >= 15 is 0 Å². The highest BCUT2D eigenvalue weighted by Gasteiger charge is 1.98. The average Bonchev–Trinajstić information content (AvgIpc) is 2.42. The molecule has 11 heteroatoms. The van der Waals surface area contributed by atoms with Crippen molar-refractivity contribution in [2.24, 2.45) is 21.7 Å². The van der Waals surface area contributed by atoms with Crippen LogP contribution in [-0.2, 0) is 0 Å². The van der Waals surface area contributed by atoms with Crippen LogP contribution in [0.5, 0.6) is 0 Å². The molecule has 0 fully saturated rings. The third-order valence-corrected chi connectivity index (χ3v) is 2.00. The van der Waals surface area contributed by atoms with Gasteiger partial charge in [0, 0.05) is 0 Å². The number of hydrogen-bond donors (Lipinski definition) is 6. The monoisotopic (exact) mass is 358 g/mol. The number of rotatable bonds is 4. The minimum Gasteiger partial charge on any atom is -0.367 e. The van der Waals surface area contributed by atoms with Gasteiger partial charge in [0.05, 0.1) is 12.4 Å². The van der Waals surface area contributed by atoms with E-state index in [0.29, 0.717) is 11.1 Å². The minimum atomic E-state index is -0.600. The van der Waals surface area contributed by atoms with Crippen LogP contribution in [0.4, 0.5) is 0 Å². The van der Waals surface area contributed by atoms with E-state index in [2.05, 4.69) is 10.2 Å². The second-order valence-electron chi connectivity index (χ2n) is 3.51. The smallest absolute Gasteiger partial charge is 0.236 e. The van der Waals surface area contributed by atoms with E-state index in [9.17, 15) is 0 Å². The van der Waals surface area contributed by atoms with E-state index in [0.717, 1.165) is 0 Å². The standard InChI is InChI=1S/C10H14N8O2.BrH/c11-9(12)17(19)15-5-7-1-2-8(4-3-7)6-16-18(20)10(13)14;/h1-6,19-20H,(H3,11,12)(H3,13,14);1H/b15-5+,16-6+;. The van der Waals surface area contributed by atoms with Crippen LogP contribution in [0.3, 0.4) is 0 Å². The Kier molecular flexibility index (Phi) is 7.60. The molecule has 0 aromatic heterocycles. The minimum absolute atomic E-state index is 0. The molecule has 1 aromatic carbocycles. The molecule has 1 rings (SSSR count). The number of hydroxylamine groups is 2. The number of benzene rings is 1. The van der Waals surface area contributed by atoms with Crippen LogP contribution >= 0.6 is 17.0 Å². The molecule has 21 heavy (non-hydrogen) atoms. The summed E-state index contributed by atoms with van der Waals surface area (Å²) in [4.78, 5) is 0. The fourth-order valence-electron chi connectivity index (χ4n) is 1.04. The molecule has 1 aromatic rings. The van der Waals surface area contributed by atoms with Crippen molar-refractivity contribution in [1.82, 2.24) is 10.3 Å². The SMILES string of the molecule is Br.N=C(N)N(O)/N=C/c1ccc(/C=N/N(O)C(=N)N)cc1. The molecular weight excluding hydrogens is 344 g/mol. The number of nitrogens with one attached hydrogen (secondary N) is 2. The highest BCUT2D eigenvalue weighted by atomic mass is 79.9. The molecule has 0 aliphatic rings. The second-order valence-corrected chi connectivity index (χ2v) is 3.51. The van der Waals surface area contributed by atoms with Gasteiger partial charge in [-0.05, 0) is 11.1 Å². The van der Waals surface area contributed by atoms with Crippen LogP contribution in [0.25, 0.3) is 0 Å². The fraction of sp³-hybridized carbons (Fsp3) is 0. The number of hydrogen-bond acceptors (Lipinski definition) is 6. The van der Waals surface area contributed by atoms with Crippen LogP contribution in [0.15, 0.2) is 34.5 Å². The van der Waals surface area contributed by atoms with Gasteiger partial charge < -0.3 is 11.5 Å². The number of hydrazone groups is 2. The molecule has 0 saturated heterocycles. The lowest BCUT2D eigenvalue weighted by atomic mass is 10.2. The summed E-state index contributed by atoms with van der Waals surface area (Å²) in [5, 5.41) is 39.3. The first kappa shape index (κ1) is 18.5. The molecule has 0 heterocycles. The van der Waals surface area contributed by atoms with Gasteiger partial charge >= 0.3 is 0 Å². The van der Waals surface area contributed by atoms with Gasteiger partial charge in [0.15, 0.2) is 0 Å². The zero-order valence-electron chi connectivity index (χ0n) is 10.7. The summed E-state index contributed by atoms with van der Waals surface area (Å²) >= 11 is 0. The first-order valence-electron chi connectivity index (χ1n) is 5.24. The van der Waals surface area contributed by atoms with Gasteiger partial charge in [-0.25, -0.2) is 0 Å². The average molecular weight is 359 g/mol. The van der Waals surface area contributed by atoms with E-state index < -0.39 is 11.9 Å². The van der Waals surface area contributed by atoms with Gasteiger partial charge in [-0.1, -0.05) is 24.3 Å². The van der Waals surface area contributed by atoms with Crippen molar-refractivity contribution in [2.45, 2.75) is 0 Å². The van der Waals surface area contributed by atoms with Gasteiger partial charge in [0.25, 0.3) is 0 Å². The second kappa shape index (κ2) is 8.63. The largest absolute Gasteiger partial charge is 0.367 e. The van der Waals surface area contributed by atoms with Gasteiger partial charge in [0.2, 0.25) is 11.9 Å². The predicted molar refractivity (Wildman–Crippen MR) is 83.0 cm³/mol. The van der Waals surface area contributed by atoms with E-state index in [1.807, 2.05) is 0 Å². The van der Waals surface area contributed by atoms with E-state index in [1.54, 1.807) is 24.3 Å². The van der Waals surface area contributed by atoms with Crippen molar-refractivity contribution >= 4 is 41.3 Å². The molecule has 0 radical (unpaired) electrons. The van der Waals surface area contributed by atoms with Gasteiger partial charge in [-0.15, -0.1) is 27.3 Å². The quantitative estimate of drug-likeness (QED) is 0.253. The molecule has 0 aliphatic heterocycles. The van der Waals surface area contributed by atoms with E-state index in [-0.39, 0.29) is 27.3 Å². The summed E-state index contributed by atoms with van der Waals surface area (Å²) in [7, 11) is 0. The zero-order chi connectivity index (χ0) is 15.1. The first-order valence-corrected chi connectivity index (χ1v) is 5.24. The summed E-state index contributed by atoms with van der Waals surface area (Å²) in [6.07, 6.45) is 2.60. The lowest BCUT2D eigenvalue weighted by molar-refractivity contribution is -0.0141. The van der Waals surface area contributed by atoms with Crippen LogP contribution in [-0.4, -0.2) is 45.1 Å². The predicted octanol–water partition coefficient (Wildman–Crippen LogP) is 0.102. The molecule has 10 nitrogen and oxygen atoms in total. The van der Waals surface area contributed by atoms with Gasteiger partial charge in [-0.3, -0.25) is 21.2 Å². The highest BCUT2D eigenvalue weighted by molar-refractivity contribution is 8.93. The number of halogens is 1. The third kappa shape index (κ3) is 6.47. The molecule has 8 N–H and O–H groups in total. The lowest BCUT2D eigenvalue weighted by Gasteiger charge is -2.06. The van der Waals surface area contributed by atoms with Crippen molar-refractivity contribution in [3.05, 3.63) is 35.4 Å². The van der Waals surface area contributed by atoms with Crippen molar-refractivity contribution in [3.63, 3.8) is 0 Å². The van der Waals surface area contributed by atoms with Crippen LogP contribution in [0.1, 0.15) is 11.1 Å². The number of nitrogens with two attached hydrogens (primary N) is 2. The summed E-state index contributed by atoms with van der Waals surface area (Å²) in [5.74, 6) is -1.20. The molecule has 0 spiro atoms. The number of guanidine groups is 2. The topological polar surface area (TPSA) is 171 Å².